The Kier molecular flexibility index (Phi) is 10.2. The fraction of sp³-hybridized carbons (Fsp3) is 0.520. The van der Waals surface area contributed by atoms with Crippen molar-refractivity contribution in [3.8, 4) is 11.5 Å². The molecule has 0 bridgehead atoms. The first kappa shape index (κ1) is 31.5. The van der Waals surface area contributed by atoms with Gasteiger partial charge in [0, 0.05) is 16.2 Å². The highest BCUT2D eigenvalue weighted by molar-refractivity contribution is 7.48. The molecule has 2 unspecified atom stereocenters. The zero-order chi connectivity index (χ0) is 28.1. The van der Waals surface area contributed by atoms with Gasteiger partial charge in [-0.15, -0.1) is 0 Å². The van der Waals surface area contributed by atoms with Crippen LogP contribution in [-0.4, -0.2) is 46.4 Å². The van der Waals surface area contributed by atoms with Gasteiger partial charge in [-0.25, -0.2) is 9.13 Å². The maximum absolute atomic E-state index is 12.2. The first-order chi connectivity index (χ1) is 16.9. The second-order valence-corrected chi connectivity index (χ2v) is 13.7. The predicted molar refractivity (Wildman–Crippen MR) is 140 cm³/mol. The lowest BCUT2D eigenvalue weighted by Gasteiger charge is -2.27. The minimum atomic E-state index is -4.37. The molecule has 4 N–H and O–H groups in total. The summed E-state index contributed by atoms with van der Waals surface area (Å²) in [4.78, 5) is 20.0. The van der Waals surface area contributed by atoms with Crippen LogP contribution in [0, 0.1) is 10.8 Å². The number of benzene rings is 2. The Morgan fingerprint density at radius 3 is 1.19 bits per heavy atom. The lowest BCUT2D eigenvalue weighted by molar-refractivity contribution is 0.0785. The van der Waals surface area contributed by atoms with E-state index in [9.17, 15) is 29.1 Å². The molecule has 10 nitrogen and oxygen atoms in total. The Hall–Kier alpha value is -1.74. The molecule has 0 fully saturated rings. The number of hydrogen-bond acceptors (Lipinski definition) is 8. The van der Waals surface area contributed by atoms with Gasteiger partial charge in [0.2, 0.25) is 0 Å². The zero-order valence-corrected chi connectivity index (χ0v) is 23.9. The summed E-state index contributed by atoms with van der Waals surface area (Å²) in [6.45, 7) is 10.0. The van der Waals surface area contributed by atoms with Gasteiger partial charge < -0.3 is 19.3 Å². The average Bonchev–Trinajstić information content (AvgIpc) is 2.82. The second-order valence-electron chi connectivity index (χ2n) is 11.0. The molecule has 12 heteroatoms. The minimum Gasteiger partial charge on any atom is -0.404 e. The molecule has 0 aliphatic heterocycles. The molecule has 2 aromatic rings. The summed E-state index contributed by atoms with van der Waals surface area (Å²) in [5.41, 5.74) is -0.105. The van der Waals surface area contributed by atoms with Gasteiger partial charge in [0.05, 0.1) is 26.4 Å². The van der Waals surface area contributed by atoms with E-state index in [0.717, 1.165) is 11.1 Å². The molecule has 0 saturated heterocycles. The molecule has 0 aliphatic carbocycles. The number of phosphoric acid groups is 2. The molecule has 2 atom stereocenters. The van der Waals surface area contributed by atoms with Crippen LogP contribution in [0.5, 0.6) is 11.5 Å². The van der Waals surface area contributed by atoms with Gasteiger partial charge in [-0.2, -0.15) is 0 Å². The van der Waals surface area contributed by atoms with Crippen LogP contribution in [-0.2, 0) is 23.6 Å². The third-order valence-electron chi connectivity index (χ3n) is 5.69. The van der Waals surface area contributed by atoms with Crippen molar-refractivity contribution in [1.82, 2.24) is 0 Å². The molecular weight excluding hydrogens is 522 g/mol. The molecule has 0 amide bonds. The van der Waals surface area contributed by atoms with Gasteiger partial charge in [0.1, 0.15) is 11.5 Å². The van der Waals surface area contributed by atoms with E-state index in [2.05, 4.69) is 0 Å². The number of aliphatic hydroxyl groups excluding tert-OH is 2. The lowest BCUT2D eigenvalue weighted by atomic mass is 9.78. The van der Waals surface area contributed by atoms with Crippen LogP contribution in [0.15, 0.2) is 48.5 Å². The molecule has 37 heavy (non-hydrogen) atoms. The van der Waals surface area contributed by atoms with Gasteiger partial charge in [-0.1, -0.05) is 65.8 Å². The summed E-state index contributed by atoms with van der Waals surface area (Å²) in [6, 6.07) is 13.3. The van der Waals surface area contributed by atoms with Gasteiger partial charge in [-0.3, -0.25) is 18.8 Å². The largest absolute Gasteiger partial charge is 0.527 e. The molecule has 0 radical (unpaired) electrons. The molecule has 208 valence electrons. The summed E-state index contributed by atoms with van der Waals surface area (Å²) >= 11 is 0. The van der Waals surface area contributed by atoms with Crippen molar-refractivity contribution in [3.05, 3.63) is 59.7 Å². The number of hydrogen-bond donors (Lipinski definition) is 4. The SMILES string of the molecule is CC(C)(CO)COP(=O)(O)Oc1ccc(C(C)(C)c2ccc(OP(=O)(O)OCC(C)(C)CO)cc2)cc1. The van der Waals surface area contributed by atoms with E-state index in [4.69, 9.17) is 18.1 Å². The Labute approximate surface area is 218 Å². The fourth-order valence-electron chi connectivity index (χ4n) is 2.95. The number of rotatable bonds is 14. The molecule has 0 aliphatic rings. The van der Waals surface area contributed by atoms with Crippen molar-refractivity contribution in [3.63, 3.8) is 0 Å². The van der Waals surface area contributed by atoms with Crippen LogP contribution in [0.3, 0.4) is 0 Å². The summed E-state index contributed by atoms with van der Waals surface area (Å²) < 4.78 is 44.8. The highest BCUT2D eigenvalue weighted by atomic mass is 31.2. The van der Waals surface area contributed by atoms with E-state index in [1.807, 2.05) is 13.8 Å². The van der Waals surface area contributed by atoms with E-state index >= 15 is 0 Å². The van der Waals surface area contributed by atoms with E-state index in [0.29, 0.717) is 0 Å². The summed E-state index contributed by atoms with van der Waals surface area (Å²) in [5, 5.41) is 18.5. The molecule has 2 rings (SSSR count). The van der Waals surface area contributed by atoms with E-state index < -0.39 is 31.9 Å². The highest BCUT2D eigenvalue weighted by Gasteiger charge is 2.30. The van der Waals surface area contributed by atoms with Gasteiger partial charge in [0.15, 0.2) is 0 Å². The van der Waals surface area contributed by atoms with Crippen LogP contribution in [0.25, 0.3) is 0 Å². The maximum Gasteiger partial charge on any atom is 0.527 e. The molecule has 0 spiro atoms. The third-order valence-corrected chi connectivity index (χ3v) is 7.48. The van der Waals surface area contributed by atoms with Crippen molar-refractivity contribution < 1.29 is 47.2 Å². The van der Waals surface area contributed by atoms with Crippen molar-refractivity contribution >= 4 is 15.6 Å². The Morgan fingerprint density at radius 2 is 0.919 bits per heavy atom. The molecule has 0 saturated carbocycles. The summed E-state index contributed by atoms with van der Waals surface area (Å²) in [7, 11) is -8.74. The number of phosphoric ester groups is 2. The topological polar surface area (TPSA) is 152 Å². The summed E-state index contributed by atoms with van der Waals surface area (Å²) in [5.74, 6) is 0.304. The third kappa shape index (κ3) is 9.82. The van der Waals surface area contributed by atoms with Crippen molar-refractivity contribution in [2.24, 2.45) is 10.8 Å². The first-order valence-electron chi connectivity index (χ1n) is 11.7. The quantitative estimate of drug-likeness (QED) is 0.231. The smallest absolute Gasteiger partial charge is 0.404 e. The van der Waals surface area contributed by atoms with Crippen molar-refractivity contribution in [2.75, 3.05) is 26.4 Å². The fourth-order valence-corrected chi connectivity index (χ4v) is 4.86. The van der Waals surface area contributed by atoms with Crippen LogP contribution in [0.2, 0.25) is 0 Å². The van der Waals surface area contributed by atoms with E-state index in [-0.39, 0.29) is 37.9 Å². The zero-order valence-electron chi connectivity index (χ0n) is 22.1. The Morgan fingerprint density at radius 1 is 0.622 bits per heavy atom. The van der Waals surface area contributed by atoms with Gasteiger partial charge in [-0.05, 0) is 35.4 Å². The van der Waals surface area contributed by atoms with Gasteiger partial charge in [0.25, 0.3) is 0 Å². The first-order valence-corrected chi connectivity index (χ1v) is 14.7. The van der Waals surface area contributed by atoms with E-state index in [1.54, 1.807) is 76.2 Å². The maximum atomic E-state index is 12.2. The molecule has 0 aromatic heterocycles. The second kappa shape index (κ2) is 12.0. The Bertz CT molecular complexity index is 1020. The van der Waals surface area contributed by atoms with E-state index in [1.165, 1.54) is 0 Å². The molecular formula is C25H38O10P2. The van der Waals surface area contributed by atoms with Crippen LogP contribution < -0.4 is 9.05 Å². The number of aliphatic hydroxyl groups is 2. The van der Waals surface area contributed by atoms with Crippen LogP contribution in [0.1, 0.15) is 52.7 Å². The van der Waals surface area contributed by atoms with Crippen LogP contribution in [0.4, 0.5) is 0 Å². The highest BCUT2D eigenvalue weighted by Crippen LogP contribution is 2.47. The standard InChI is InChI=1S/C25H38O10P2/c1-23(2,15-26)17-32-36(28,29)34-21-11-7-19(8-12-21)25(5,6)20-9-13-22(14-10-20)35-37(30,31)33-18-24(3,4)16-27/h7-14,26-27H,15-18H2,1-6H3,(H,28,29)(H,30,31). The van der Waals surface area contributed by atoms with Crippen molar-refractivity contribution in [1.29, 1.82) is 0 Å². The monoisotopic (exact) mass is 560 g/mol. The summed E-state index contributed by atoms with van der Waals surface area (Å²) in [6.07, 6.45) is 0. The minimum absolute atomic E-state index is 0.152. The van der Waals surface area contributed by atoms with Crippen molar-refractivity contribution in [2.45, 2.75) is 47.0 Å². The molecule has 0 heterocycles. The van der Waals surface area contributed by atoms with Gasteiger partial charge >= 0.3 is 15.6 Å². The Balaban J connectivity index is 2.06. The normalized spacial score (nSPS) is 16.1. The predicted octanol–water partition coefficient (Wildman–Crippen LogP) is 5.04. The molecule has 2 aromatic carbocycles. The lowest BCUT2D eigenvalue weighted by Crippen LogP contribution is -2.23. The average molecular weight is 561 g/mol. The van der Waals surface area contributed by atoms with Crippen LogP contribution >= 0.6 is 15.6 Å².